The first-order chi connectivity index (χ1) is 9.13. The first-order valence-corrected chi connectivity index (χ1v) is 7.52. The van der Waals surface area contributed by atoms with Crippen LogP contribution in [0.3, 0.4) is 0 Å². The van der Waals surface area contributed by atoms with Crippen molar-refractivity contribution < 1.29 is 0 Å². The molecule has 2 aromatic rings. The van der Waals surface area contributed by atoms with Crippen LogP contribution in [-0.2, 0) is 6.54 Å². The van der Waals surface area contributed by atoms with Crippen molar-refractivity contribution >= 4 is 32.9 Å². The molecule has 0 spiro atoms. The van der Waals surface area contributed by atoms with Crippen LogP contribution in [0.15, 0.2) is 22.7 Å². The van der Waals surface area contributed by atoms with Crippen LogP contribution in [0.4, 0.5) is 5.95 Å². The first kappa shape index (κ1) is 12.9. The number of piperidine rings is 1. The number of hydrogen-bond donors (Lipinski definition) is 1. The van der Waals surface area contributed by atoms with Crippen molar-refractivity contribution in [2.24, 2.45) is 5.92 Å². The molecule has 0 saturated carbocycles. The summed E-state index contributed by atoms with van der Waals surface area (Å²) in [6, 6.07) is 6.12. The maximum Gasteiger partial charge on any atom is 0.201 e. The highest BCUT2D eigenvalue weighted by atomic mass is 79.9. The molecule has 2 heterocycles. The predicted molar refractivity (Wildman–Crippen MR) is 82.1 cm³/mol. The lowest BCUT2D eigenvalue weighted by Crippen LogP contribution is -2.34. The molecule has 19 heavy (non-hydrogen) atoms. The Morgan fingerprint density at radius 3 is 3.11 bits per heavy atom. The molecule has 0 amide bonds. The average Bonchev–Trinajstić information content (AvgIpc) is 2.66. The van der Waals surface area contributed by atoms with Gasteiger partial charge in [0.25, 0.3) is 0 Å². The van der Waals surface area contributed by atoms with E-state index in [0.29, 0.717) is 11.9 Å². The third-order valence-electron chi connectivity index (χ3n) is 3.90. The van der Waals surface area contributed by atoms with Crippen molar-refractivity contribution in [1.29, 1.82) is 0 Å². The summed E-state index contributed by atoms with van der Waals surface area (Å²) in [5.74, 6) is 1.29. The summed E-state index contributed by atoms with van der Waals surface area (Å²) in [4.78, 5) is 6.85. The Hall–Kier alpha value is -1.07. The lowest BCUT2D eigenvalue weighted by atomic mass is 9.98. The fourth-order valence-electron chi connectivity index (χ4n) is 2.99. The zero-order valence-corrected chi connectivity index (χ0v) is 12.7. The van der Waals surface area contributed by atoms with Crippen molar-refractivity contribution in [2.75, 3.05) is 25.9 Å². The first-order valence-electron chi connectivity index (χ1n) is 6.73. The molecule has 0 radical (unpaired) electrons. The molecule has 102 valence electrons. The number of anilines is 1. The van der Waals surface area contributed by atoms with E-state index >= 15 is 0 Å². The Morgan fingerprint density at radius 2 is 2.32 bits per heavy atom. The van der Waals surface area contributed by atoms with Gasteiger partial charge in [-0.15, -0.1) is 0 Å². The number of nitrogen functional groups attached to an aromatic ring is 1. The van der Waals surface area contributed by atoms with Crippen molar-refractivity contribution in [3.8, 4) is 0 Å². The zero-order valence-electron chi connectivity index (χ0n) is 11.1. The van der Waals surface area contributed by atoms with E-state index in [9.17, 15) is 0 Å². The van der Waals surface area contributed by atoms with E-state index in [2.05, 4.69) is 43.5 Å². The third kappa shape index (κ3) is 2.62. The smallest absolute Gasteiger partial charge is 0.201 e. The molecule has 1 aliphatic heterocycles. The highest BCUT2D eigenvalue weighted by Gasteiger charge is 2.19. The van der Waals surface area contributed by atoms with E-state index in [0.717, 1.165) is 28.6 Å². The number of nitrogens with zero attached hydrogens (tertiary/aromatic N) is 3. The minimum atomic E-state index is 0.626. The minimum absolute atomic E-state index is 0.626. The SMILES string of the molecule is CN1CCCC(Cn2c(N)nc3ccc(Br)cc32)C1. The molecule has 1 unspecified atom stereocenters. The summed E-state index contributed by atoms with van der Waals surface area (Å²) >= 11 is 3.52. The van der Waals surface area contributed by atoms with Crippen molar-refractivity contribution in [3.63, 3.8) is 0 Å². The van der Waals surface area contributed by atoms with E-state index in [1.807, 2.05) is 12.1 Å². The highest BCUT2D eigenvalue weighted by Crippen LogP contribution is 2.25. The van der Waals surface area contributed by atoms with Crippen LogP contribution in [0.1, 0.15) is 12.8 Å². The van der Waals surface area contributed by atoms with Crippen molar-refractivity contribution in [1.82, 2.24) is 14.5 Å². The molecule has 2 N–H and O–H groups in total. The Labute approximate surface area is 121 Å². The molecule has 0 aliphatic carbocycles. The molecule has 1 fully saturated rings. The topological polar surface area (TPSA) is 47.1 Å². The summed E-state index contributed by atoms with van der Waals surface area (Å²) in [5.41, 5.74) is 8.18. The monoisotopic (exact) mass is 322 g/mol. The van der Waals surface area contributed by atoms with Crippen LogP contribution in [0.2, 0.25) is 0 Å². The van der Waals surface area contributed by atoms with Crippen LogP contribution in [-0.4, -0.2) is 34.6 Å². The van der Waals surface area contributed by atoms with Gasteiger partial charge in [0.15, 0.2) is 0 Å². The second kappa shape index (κ2) is 5.13. The average molecular weight is 323 g/mol. The summed E-state index contributed by atoms with van der Waals surface area (Å²) in [7, 11) is 2.19. The number of nitrogens with two attached hydrogens (primary N) is 1. The Kier molecular flexibility index (Phi) is 3.50. The van der Waals surface area contributed by atoms with Gasteiger partial charge in [0, 0.05) is 17.6 Å². The van der Waals surface area contributed by atoms with Gasteiger partial charge in [0.1, 0.15) is 0 Å². The van der Waals surface area contributed by atoms with Gasteiger partial charge in [0.05, 0.1) is 11.0 Å². The molecule has 3 rings (SSSR count). The van der Waals surface area contributed by atoms with E-state index in [1.165, 1.54) is 19.4 Å². The maximum absolute atomic E-state index is 6.08. The Balaban J connectivity index is 1.91. The highest BCUT2D eigenvalue weighted by molar-refractivity contribution is 9.10. The summed E-state index contributed by atoms with van der Waals surface area (Å²) < 4.78 is 3.23. The molecular weight excluding hydrogens is 304 g/mol. The van der Waals surface area contributed by atoms with E-state index in [1.54, 1.807) is 0 Å². The fourth-order valence-corrected chi connectivity index (χ4v) is 3.34. The van der Waals surface area contributed by atoms with Gasteiger partial charge < -0.3 is 15.2 Å². The number of imidazole rings is 1. The predicted octanol–water partition coefficient (Wildman–Crippen LogP) is 2.72. The second-order valence-corrected chi connectivity index (χ2v) is 6.40. The number of hydrogen-bond acceptors (Lipinski definition) is 3. The van der Waals surface area contributed by atoms with Gasteiger partial charge >= 0.3 is 0 Å². The van der Waals surface area contributed by atoms with Crippen LogP contribution in [0, 0.1) is 5.92 Å². The van der Waals surface area contributed by atoms with E-state index in [-0.39, 0.29) is 0 Å². The molecule has 0 bridgehead atoms. The number of benzene rings is 1. The fraction of sp³-hybridized carbons (Fsp3) is 0.500. The van der Waals surface area contributed by atoms with Gasteiger partial charge in [-0.3, -0.25) is 0 Å². The largest absolute Gasteiger partial charge is 0.369 e. The van der Waals surface area contributed by atoms with Gasteiger partial charge in [-0.05, 0) is 50.6 Å². The number of aromatic nitrogens is 2. The molecular formula is C14H19BrN4. The standard InChI is InChI=1S/C14H19BrN4/c1-18-6-2-3-10(8-18)9-19-13-7-11(15)4-5-12(13)17-14(19)16/h4-5,7,10H,2-3,6,8-9H2,1H3,(H2,16,17). The lowest BCUT2D eigenvalue weighted by molar-refractivity contribution is 0.196. The van der Waals surface area contributed by atoms with Crippen LogP contribution >= 0.6 is 15.9 Å². The van der Waals surface area contributed by atoms with E-state index < -0.39 is 0 Å². The van der Waals surface area contributed by atoms with Gasteiger partial charge in [-0.1, -0.05) is 15.9 Å². The van der Waals surface area contributed by atoms with Crippen molar-refractivity contribution in [2.45, 2.75) is 19.4 Å². The number of rotatable bonds is 2. The van der Waals surface area contributed by atoms with Gasteiger partial charge in [0.2, 0.25) is 5.95 Å². The lowest BCUT2D eigenvalue weighted by Gasteiger charge is -2.30. The second-order valence-electron chi connectivity index (χ2n) is 5.48. The number of fused-ring (bicyclic) bond motifs is 1. The molecule has 4 nitrogen and oxygen atoms in total. The normalized spacial score (nSPS) is 21.1. The maximum atomic E-state index is 6.08. The summed E-state index contributed by atoms with van der Waals surface area (Å²) in [5, 5.41) is 0. The molecule has 1 saturated heterocycles. The number of likely N-dealkylation sites (tertiary alicyclic amines) is 1. The molecule has 1 atom stereocenters. The summed E-state index contributed by atoms with van der Waals surface area (Å²) in [6.45, 7) is 3.32. The van der Waals surface area contributed by atoms with E-state index in [4.69, 9.17) is 5.73 Å². The molecule has 1 aliphatic rings. The van der Waals surface area contributed by atoms with Gasteiger partial charge in [-0.25, -0.2) is 4.98 Å². The summed E-state index contributed by atoms with van der Waals surface area (Å²) in [6.07, 6.45) is 2.55. The number of halogens is 1. The minimum Gasteiger partial charge on any atom is -0.369 e. The molecule has 1 aromatic heterocycles. The molecule has 5 heteroatoms. The van der Waals surface area contributed by atoms with Crippen LogP contribution in [0.5, 0.6) is 0 Å². The van der Waals surface area contributed by atoms with Crippen LogP contribution in [0.25, 0.3) is 11.0 Å². The quantitative estimate of drug-likeness (QED) is 0.924. The van der Waals surface area contributed by atoms with Crippen molar-refractivity contribution in [3.05, 3.63) is 22.7 Å². The Bertz CT molecular complexity index is 592. The Morgan fingerprint density at radius 1 is 1.47 bits per heavy atom. The van der Waals surface area contributed by atoms with Crippen LogP contribution < -0.4 is 5.73 Å². The van der Waals surface area contributed by atoms with Gasteiger partial charge in [-0.2, -0.15) is 0 Å². The zero-order chi connectivity index (χ0) is 13.4. The third-order valence-corrected chi connectivity index (χ3v) is 4.40. The molecule has 1 aromatic carbocycles.